The van der Waals surface area contributed by atoms with Crippen molar-refractivity contribution in [1.29, 1.82) is 0 Å². The highest BCUT2D eigenvalue weighted by molar-refractivity contribution is 5.44. The Morgan fingerprint density at radius 3 is 2.00 bits per heavy atom. The maximum atomic E-state index is 3.86. The van der Waals surface area contributed by atoms with E-state index in [0.29, 0.717) is 12.1 Å². The van der Waals surface area contributed by atoms with Crippen LogP contribution in [0.5, 0.6) is 0 Å². The Morgan fingerprint density at radius 2 is 1.44 bits per heavy atom. The summed E-state index contributed by atoms with van der Waals surface area (Å²) >= 11 is 0. The minimum atomic E-state index is 0.658. The molecule has 1 saturated carbocycles. The molecule has 2 fully saturated rings. The van der Waals surface area contributed by atoms with Crippen LogP contribution >= 0.6 is 0 Å². The van der Waals surface area contributed by atoms with Gasteiger partial charge < -0.3 is 5.32 Å². The summed E-state index contributed by atoms with van der Waals surface area (Å²) in [5, 5.41) is 3.86. The van der Waals surface area contributed by atoms with Gasteiger partial charge in [-0.15, -0.1) is 0 Å². The molecule has 4 bridgehead atoms. The number of allylic oxidation sites excluding steroid dienone is 2. The van der Waals surface area contributed by atoms with Crippen molar-refractivity contribution in [3.8, 4) is 0 Å². The lowest BCUT2D eigenvalue weighted by Crippen LogP contribution is -2.25. The van der Waals surface area contributed by atoms with Crippen molar-refractivity contribution in [2.24, 2.45) is 23.7 Å². The molecule has 5 rings (SSSR count). The lowest BCUT2D eigenvalue weighted by atomic mass is 9.71. The first-order valence-electron chi connectivity index (χ1n) is 6.47. The molecule has 1 nitrogen and oxygen atoms in total. The minimum absolute atomic E-state index is 0.658. The van der Waals surface area contributed by atoms with Crippen LogP contribution in [0, 0.1) is 23.7 Å². The van der Waals surface area contributed by atoms with E-state index in [1.165, 1.54) is 6.42 Å². The van der Waals surface area contributed by atoms with Crippen molar-refractivity contribution >= 4 is 0 Å². The molecule has 0 aromatic heterocycles. The second-order valence-electron chi connectivity index (χ2n) is 5.85. The predicted octanol–water partition coefficient (Wildman–Crippen LogP) is 2.82. The summed E-state index contributed by atoms with van der Waals surface area (Å²) in [6.45, 7) is 0. The van der Waals surface area contributed by atoms with Gasteiger partial charge in [0.1, 0.15) is 0 Å². The van der Waals surface area contributed by atoms with Gasteiger partial charge >= 0.3 is 0 Å². The van der Waals surface area contributed by atoms with E-state index in [4.69, 9.17) is 0 Å². The fraction of sp³-hybridized carbons (Fsp3) is 0.467. The molecular weight excluding hydrogens is 194 g/mol. The molecule has 1 saturated heterocycles. The van der Waals surface area contributed by atoms with Crippen LogP contribution in [-0.2, 0) is 0 Å². The highest BCUT2D eigenvalue weighted by Gasteiger charge is 2.59. The van der Waals surface area contributed by atoms with Gasteiger partial charge in [-0.3, -0.25) is 0 Å². The topological polar surface area (TPSA) is 12.0 Å². The lowest BCUT2D eigenvalue weighted by molar-refractivity contribution is 0.305. The van der Waals surface area contributed by atoms with Gasteiger partial charge in [-0.2, -0.15) is 0 Å². The monoisotopic (exact) mass is 209 g/mol. The van der Waals surface area contributed by atoms with Crippen molar-refractivity contribution in [1.82, 2.24) is 5.32 Å². The first-order valence-corrected chi connectivity index (χ1v) is 6.47. The highest BCUT2D eigenvalue weighted by atomic mass is 15.1. The van der Waals surface area contributed by atoms with E-state index in [1.54, 1.807) is 11.1 Å². The Morgan fingerprint density at radius 1 is 0.875 bits per heavy atom. The van der Waals surface area contributed by atoms with Crippen molar-refractivity contribution in [2.75, 3.05) is 0 Å². The van der Waals surface area contributed by atoms with Crippen LogP contribution in [0.1, 0.15) is 29.6 Å². The summed E-state index contributed by atoms with van der Waals surface area (Å²) in [4.78, 5) is 0. The van der Waals surface area contributed by atoms with E-state index in [1.807, 2.05) is 0 Å². The van der Waals surface area contributed by atoms with Crippen molar-refractivity contribution in [3.05, 3.63) is 47.5 Å². The van der Waals surface area contributed by atoms with E-state index in [2.05, 4.69) is 41.7 Å². The van der Waals surface area contributed by atoms with Crippen molar-refractivity contribution < 1.29 is 0 Å². The van der Waals surface area contributed by atoms with Gasteiger partial charge in [0.15, 0.2) is 0 Å². The summed E-state index contributed by atoms with van der Waals surface area (Å²) in [6.07, 6.45) is 6.39. The van der Waals surface area contributed by atoms with Gasteiger partial charge in [-0.1, -0.05) is 36.4 Å². The third kappa shape index (κ3) is 0.708. The van der Waals surface area contributed by atoms with Gasteiger partial charge in [0.05, 0.1) is 0 Å². The SMILES string of the molecule is C1=C[C@H]2C[C@@H]1[C@@H]1[C@H]2[C@@H]2N[C@H]1c1ccccc12. The van der Waals surface area contributed by atoms with Crippen LogP contribution in [-0.4, -0.2) is 0 Å². The fourth-order valence-electron chi connectivity index (χ4n) is 4.92. The zero-order valence-corrected chi connectivity index (χ0v) is 9.14. The molecule has 2 heterocycles. The number of fused-ring (bicyclic) bond motifs is 12. The summed E-state index contributed by atoms with van der Waals surface area (Å²) < 4.78 is 0. The van der Waals surface area contributed by atoms with Crippen LogP contribution in [0.2, 0.25) is 0 Å². The molecule has 0 unspecified atom stereocenters. The zero-order chi connectivity index (χ0) is 10.3. The fourth-order valence-corrected chi connectivity index (χ4v) is 4.92. The molecule has 4 aliphatic rings. The van der Waals surface area contributed by atoms with Crippen LogP contribution in [0.4, 0.5) is 0 Å². The molecule has 0 amide bonds. The van der Waals surface area contributed by atoms with Gasteiger partial charge in [0.25, 0.3) is 0 Å². The molecule has 2 aliphatic carbocycles. The largest absolute Gasteiger partial charge is 0.302 e. The van der Waals surface area contributed by atoms with E-state index in [0.717, 1.165) is 23.7 Å². The molecule has 1 N–H and O–H groups in total. The molecular formula is C15H15N. The summed E-state index contributed by atoms with van der Waals surface area (Å²) in [5.41, 5.74) is 3.18. The molecule has 80 valence electrons. The molecule has 6 atom stereocenters. The first kappa shape index (κ1) is 8.08. The molecule has 1 aromatic carbocycles. The Labute approximate surface area is 95.6 Å². The van der Waals surface area contributed by atoms with Gasteiger partial charge in [-0.25, -0.2) is 0 Å². The lowest BCUT2D eigenvalue weighted by Gasteiger charge is -2.31. The predicted molar refractivity (Wildman–Crippen MR) is 62.8 cm³/mol. The number of rotatable bonds is 0. The van der Waals surface area contributed by atoms with E-state index in [9.17, 15) is 0 Å². The van der Waals surface area contributed by atoms with Gasteiger partial charge in [0, 0.05) is 12.1 Å². The van der Waals surface area contributed by atoms with E-state index in [-0.39, 0.29) is 0 Å². The average Bonchev–Trinajstić information content (AvgIpc) is 3.07. The zero-order valence-electron chi connectivity index (χ0n) is 9.14. The first-order chi connectivity index (χ1) is 7.93. The van der Waals surface area contributed by atoms with E-state index < -0.39 is 0 Å². The van der Waals surface area contributed by atoms with Crippen molar-refractivity contribution in [3.63, 3.8) is 0 Å². The normalized spacial score (nSPS) is 49.8. The Bertz CT molecular complexity index is 461. The molecule has 0 spiro atoms. The second-order valence-corrected chi connectivity index (χ2v) is 5.85. The molecule has 1 aromatic rings. The summed E-state index contributed by atoms with van der Waals surface area (Å²) in [5.74, 6) is 3.53. The van der Waals surface area contributed by atoms with Crippen molar-refractivity contribution in [2.45, 2.75) is 18.5 Å². The number of hydrogen-bond donors (Lipinski definition) is 1. The maximum Gasteiger partial charge on any atom is 0.0366 e. The van der Waals surface area contributed by atoms with Gasteiger partial charge in [0.2, 0.25) is 0 Å². The third-order valence-electron chi connectivity index (χ3n) is 5.38. The molecule has 0 radical (unpaired) electrons. The van der Waals surface area contributed by atoms with Crippen LogP contribution in [0.25, 0.3) is 0 Å². The average molecular weight is 209 g/mol. The quantitative estimate of drug-likeness (QED) is 0.648. The minimum Gasteiger partial charge on any atom is -0.302 e. The smallest absolute Gasteiger partial charge is 0.0366 e. The Hall–Kier alpha value is -1.08. The molecule has 1 heteroatoms. The molecule has 16 heavy (non-hydrogen) atoms. The second kappa shape index (κ2) is 2.43. The van der Waals surface area contributed by atoms with E-state index >= 15 is 0 Å². The highest BCUT2D eigenvalue weighted by Crippen LogP contribution is 2.64. The summed E-state index contributed by atoms with van der Waals surface area (Å²) in [7, 11) is 0. The number of nitrogens with one attached hydrogen (secondary N) is 1. The number of hydrogen-bond acceptors (Lipinski definition) is 1. The Balaban J connectivity index is 1.73. The Kier molecular flexibility index (Phi) is 1.23. The third-order valence-corrected chi connectivity index (χ3v) is 5.38. The van der Waals surface area contributed by atoms with Gasteiger partial charge in [-0.05, 0) is 41.2 Å². The maximum absolute atomic E-state index is 3.86. The van der Waals surface area contributed by atoms with Crippen LogP contribution in [0.15, 0.2) is 36.4 Å². The number of benzene rings is 1. The van der Waals surface area contributed by atoms with Crippen LogP contribution < -0.4 is 5.32 Å². The molecule has 2 aliphatic heterocycles. The van der Waals surface area contributed by atoms with Crippen LogP contribution in [0.3, 0.4) is 0 Å². The summed E-state index contributed by atoms with van der Waals surface area (Å²) in [6, 6.07) is 10.4. The standard InChI is InChI=1S/C15H15N/c1-2-4-11-10(3-1)14-12-8-5-6-9(7-8)13(12)15(11)16-14/h1-6,8-9,12-16H,7H2/t8-,9+,12-,13+,14+,15-.